The summed E-state index contributed by atoms with van der Waals surface area (Å²) in [5, 5.41) is 0.833. The van der Waals surface area contributed by atoms with Crippen molar-refractivity contribution in [3.8, 4) is 5.75 Å². The minimum atomic E-state index is 0.0981. The minimum Gasteiger partial charge on any atom is -0.494 e. The number of hydrogen-bond acceptors (Lipinski definition) is 4. The van der Waals surface area contributed by atoms with Crippen LogP contribution in [0.25, 0.3) is 0 Å². The number of hydrogen-bond donors (Lipinski definition) is 0. The van der Waals surface area contributed by atoms with E-state index in [9.17, 15) is 4.79 Å². The first kappa shape index (κ1) is 17.5. The number of carbonyl (C=O) groups is 1. The molecule has 0 saturated heterocycles. The van der Waals surface area contributed by atoms with Crippen LogP contribution < -0.4 is 4.74 Å². The van der Waals surface area contributed by atoms with Gasteiger partial charge in [0.15, 0.2) is 5.17 Å². The van der Waals surface area contributed by atoms with Crippen molar-refractivity contribution in [1.82, 2.24) is 4.90 Å². The van der Waals surface area contributed by atoms with Crippen molar-refractivity contribution in [1.29, 1.82) is 0 Å². The van der Waals surface area contributed by atoms with Crippen LogP contribution in [0.15, 0.2) is 59.6 Å². The van der Waals surface area contributed by atoms with Gasteiger partial charge in [-0.25, -0.2) is 0 Å². The van der Waals surface area contributed by atoms with Crippen molar-refractivity contribution < 1.29 is 9.53 Å². The maximum Gasteiger partial charge on any atom is 0.233 e. The van der Waals surface area contributed by atoms with E-state index in [0.29, 0.717) is 26.1 Å². The van der Waals surface area contributed by atoms with Gasteiger partial charge >= 0.3 is 0 Å². The summed E-state index contributed by atoms with van der Waals surface area (Å²) in [5.74, 6) is 1.76. The summed E-state index contributed by atoms with van der Waals surface area (Å²) >= 11 is 1.63. The quantitative estimate of drug-likeness (QED) is 0.793. The fraction of sp³-hybridized carbons (Fsp3) is 0.300. The Hall–Kier alpha value is -2.27. The van der Waals surface area contributed by atoms with Crippen LogP contribution in [0.2, 0.25) is 0 Å². The number of carbonyl (C=O) groups excluding carboxylic acids is 1. The predicted molar refractivity (Wildman–Crippen MR) is 103 cm³/mol. The fourth-order valence-corrected chi connectivity index (χ4v) is 3.66. The zero-order valence-electron chi connectivity index (χ0n) is 14.4. The molecule has 0 saturated carbocycles. The van der Waals surface area contributed by atoms with E-state index in [1.807, 2.05) is 54.3 Å². The molecule has 2 aromatic carbocycles. The fourth-order valence-electron chi connectivity index (χ4n) is 2.64. The van der Waals surface area contributed by atoms with E-state index in [0.717, 1.165) is 22.2 Å². The molecule has 0 radical (unpaired) electrons. The van der Waals surface area contributed by atoms with Gasteiger partial charge in [0.1, 0.15) is 5.75 Å². The molecular weight excluding hydrogens is 332 g/mol. The Morgan fingerprint density at radius 1 is 1.12 bits per heavy atom. The van der Waals surface area contributed by atoms with Gasteiger partial charge in [0.2, 0.25) is 5.91 Å². The van der Waals surface area contributed by atoms with Crippen LogP contribution in [0.5, 0.6) is 5.75 Å². The third-order valence-electron chi connectivity index (χ3n) is 3.90. The van der Waals surface area contributed by atoms with Crippen LogP contribution in [-0.2, 0) is 17.0 Å². The monoisotopic (exact) mass is 354 g/mol. The molecule has 0 N–H and O–H groups in total. The largest absolute Gasteiger partial charge is 0.494 e. The van der Waals surface area contributed by atoms with Gasteiger partial charge in [0.05, 0.1) is 19.6 Å². The first-order chi connectivity index (χ1) is 12.3. The van der Waals surface area contributed by atoms with E-state index >= 15 is 0 Å². The molecule has 3 rings (SSSR count). The lowest BCUT2D eigenvalue weighted by Crippen LogP contribution is -2.34. The SMILES string of the molecule is CCOc1ccc(CC(=O)N2CCN=C2SCc2ccccc2)cc1. The lowest BCUT2D eigenvalue weighted by Gasteiger charge is -2.18. The molecule has 0 aromatic heterocycles. The second-order valence-corrected chi connectivity index (χ2v) is 6.68. The van der Waals surface area contributed by atoms with Gasteiger partial charge in [0.25, 0.3) is 0 Å². The Balaban J connectivity index is 1.56. The number of thioether (sulfide) groups is 1. The molecule has 1 amide bonds. The maximum atomic E-state index is 12.6. The maximum absolute atomic E-state index is 12.6. The van der Waals surface area contributed by atoms with Crippen LogP contribution in [-0.4, -0.2) is 35.7 Å². The molecule has 4 nitrogen and oxygen atoms in total. The molecule has 0 aliphatic carbocycles. The molecule has 0 bridgehead atoms. The molecule has 0 unspecified atom stereocenters. The van der Waals surface area contributed by atoms with E-state index in [-0.39, 0.29) is 5.91 Å². The average molecular weight is 354 g/mol. The smallest absolute Gasteiger partial charge is 0.233 e. The number of benzene rings is 2. The van der Waals surface area contributed by atoms with E-state index in [1.54, 1.807) is 11.8 Å². The number of aliphatic imine (C=N–C) groups is 1. The van der Waals surface area contributed by atoms with Crippen molar-refractivity contribution in [2.75, 3.05) is 19.7 Å². The summed E-state index contributed by atoms with van der Waals surface area (Å²) in [5.41, 5.74) is 2.23. The van der Waals surface area contributed by atoms with E-state index < -0.39 is 0 Å². The van der Waals surface area contributed by atoms with Crippen molar-refractivity contribution >= 4 is 22.8 Å². The molecular formula is C20H22N2O2S. The summed E-state index contributed by atoms with van der Waals surface area (Å²) in [7, 11) is 0. The van der Waals surface area contributed by atoms with Gasteiger partial charge in [0, 0.05) is 12.3 Å². The van der Waals surface area contributed by atoms with Gasteiger partial charge in [-0.1, -0.05) is 54.2 Å². The van der Waals surface area contributed by atoms with Crippen LogP contribution in [0, 0.1) is 0 Å². The van der Waals surface area contributed by atoms with Gasteiger partial charge in [-0.05, 0) is 30.2 Å². The standard InChI is InChI=1S/C20H22N2O2S/c1-2-24-18-10-8-16(9-11-18)14-19(23)22-13-12-21-20(22)25-15-17-6-4-3-5-7-17/h3-11H,2,12-15H2,1H3. The van der Waals surface area contributed by atoms with Crippen LogP contribution in [0.1, 0.15) is 18.1 Å². The topological polar surface area (TPSA) is 41.9 Å². The highest BCUT2D eigenvalue weighted by atomic mass is 32.2. The van der Waals surface area contributed by atoms with Crippen molar-refractivity contribution in [3.63, 3.8) is 0 Å². The number of ether oxygens (including phenoxy) is 1. The summed E-state index contributed by atoms with van der Waals surface area (Å²) in [6.45, 7) is 3.96. The molecule has 2 aromatic rings. The highest BCUT2D eigenvalue weighted by Crippen LogP contribution is 2.21. The summed E-state index contributed by atoms with van der Waals surface area (Å²) in [4.78, 5) is 19.0. The second kappa shape index (κ2) is 8.72. The zero-order valence-corrected chi connectivity index (χ0v) is 15.2. The molecule has 0 fully saturated rings. The zero-order chi connectivity index (χ0) is 17.5. The molecule has 0 spiro atoms. The van der Waals surface area contributed by atoms with Gasteiger partial charge in [-0.15, -0.1) is 0 Å². The lowest BCUT2D eigenvalue weighted by molar-refractivity contribution is -0.126. The summed E-state index contributed by atoms with van der Waals surface area (Å²) in [6, 6.07) is 18.0. The highest BCUT2D eigenvalue weighted by Gasteiger charge is 2.24. The van der Waals surface area contributed by atoms with Crippen LogP contribution in [0.4, 0.5) is 0 Å². The Bertz CT molecular complexity index is 729. The minimum absolute atomic E-state index is 0.0981. The first-order valence-corrected chi connectivity index (χ1v) is 9.48. The predicted octanol–water partition coefficient (Wildman–Crippen LogP) is 3.76. The molecule has 25 heavy (non-hydrogen) atoms. The highest BCUT2D eigenvalue weighted by molar-refractivity contribution is 8.13. The van der Waals surface area contributed by atoms with E-state index in [1.165, 1.54) is 5.56 Å². The van der Waals surface area contributed by atoms with Crippen molar-refractivity contribution in [2.24, 2.45) is 4.99 Å². The molecule has 130 valence electrons. The number of nitrogens with zero attached hydrogens (tertiary/aromatic N) is 2. The van der Waals surface area contributed by atoms with E-state index in [2.05, 4.69) is 17.1 Å². The second-order valence-electron chi connectivity index (χ2n) is 5.74. The molecule has 1 heterocycles. The number of rotatable bonds is 6. The third-order valence-corrected chi connectivity index (χ3v) is 4.99. The van der Waals surface area contributed by atoms with E-state index in [4.69, 9.17) is 4.74 Å². The summed E-state index contributed by atoms with van der Waals surface area (Å²) in [6.07, 6.45) is 0.386. The molecule has 5 heteroatoms. The van der Waals surface area contributed by atoms with Crippen molar-refractivity contribution in [3.05, 3.63) is 65.7 Å². The lowest BCUT2D eigenvalue weighted by atomic mass is 10.1. The molecule has 1 aliphatic heterocycles. The van der Waals surface area contributed by atoms with Crippen molar-refractivity contribution in [2.45, 2.75) is 19.1 Å². The third kappa shape index (κ3) is 4.86. The molecule has 1 aliphatic rings. The van der Waals surface area contributed by atoms with Crippen LogP contribution >= 0.6 is 11.8 Å². The van der Waals surface area contributed by atoms with Gasteiger partial charge in [-0.2, -0.15) is 0 Å². The first-order valence-electron chi connectivity index (χ1n) is 8.49. The Morgan fingerprint density at radius 3 is 2.60 bits per heavy atom. The Morgan fingerprint density at radius 2 is 1.88 bits per heavy atom. The normalized spacial score (nSPS) is 13.6. The Kier molecular flexibility index (Phi) is 6.12. The molecule has 0 atom stereocenters. The number of amides is 1. The van der Waals surface area contributed by atoms with Gasteiger partial charge < -0.3 is 4.74 Å². The summed E-state index contributed by atoms with van der Waals surface area (Å²) < 4.78 is 5.44. The number of amidine groups is 1. The van der Waals surface area contributed by atoms with Gasteiger partial charge in [-0.3, -0.25) is 14.7 Å². The average Bonchev–Trinajstić information content (AvgIpc) is 3.11. The van der Waals surface area contributed by atoms with Crippen LogP contribution in [0.3, 0.4) is 0 Å². The Labute approximate surface area is 152 Å².